The topological polar surface area (TPSA) is 96.4 Å². The maximum atomic E-state index is 12.2. The van der Waals surface area contributed by atoms with E-state index in [0.29, 0.717) is 18.5 Å². The summed E-state index contributed by atoms with van der Waals surface area (Å²) in [4.78, 5) is 28.6. The maximum absolute atomic E-state index is 12.2. The Hall–Kier alpha value is -2.26. The monoisotopic (exact) mass is 393 g/mol. The van der Waals surface area contributed by atoms with E-state index < -0.39 is 21.8 Å². The van der Waals surface area contributed by atoms with Gasteiger partial charge in [0, 0.05) is 23.9 Å². The van der Waals surface area contributed by atoms with E-state index in [1.165, 1.54) is 24.3 Å². The minimum absolute atomic E-state index is 0.190. The van der Waals surface area contributed by atoms with Crippen molar-refractivity contribution in [2.75, 3.05) is 16.6 Å². The molecule has 138 valence electrons. The number of nitrogens with zero attached hydrogens (tertiary/aromatic N) is 2. The Morgan fingerprint density at radius 1 is 1.35 bits per heavy atom. The highest BCUT2D eigenvalue weighted by molar-refractivity contribution is 7.94. The van der Waals surface area contributed by atoms with Crippen LogP contribution in [0.1, 0.15) is 28.0 Å². The third kappa shape index (κ3) is 3.78. The number of thiazole rings is 1. The molecular weight excluding hydrogens is 374 g/mol. The average molecular weight is 393 g/mol. The van der Waals surface area contributed by atoms with Gasteiger partial charge >= 0.3 is 0 Å². The van der Waals surface area contributed by atoms with Gasteiger partial charge in [0.05, 0.1) is 28.1 Å². The summed E-state index contributed by atoms with van der Waals surface area (Å²) >= 11 is 1.57. The number of rotatable bonds is 5. The Bertz CT molecular complexity index is 935. The molecule has 1 atom stereocenters. The Morgan fingerprint density at radius 3 is 2.58 bits per heavy atom. The van der Waals surface area contributed by atoms with E-state index in [0.717, 1.165) is 15.0 Å². The van der Waals surface area contributed by atoms with Gasteiger partial charge in [0.1, 0.15) is 0 Å². The third-order valence-corrected chi connectivity index (χ3v) is 6.75. The fraction of sp³-hybridized carbons (Fsp3) is 0.353. The van der Waals surface area contributed by atoms with E-state index >= 15 is 0 Å². The van der Waals surface area contributed by atoms with Crippen LogP contribution in [0.5, 0.6) is 0 Å². The van der Waals surface area contributed by atoms with Crippen LogP contribution in [0.3, 0.4) is 0 Å². The number of sulfonamides is 1. The van der Waals surface area contributed by atoms with Crippen LogP contribution >= 0.6 is 11.3 Å². The number of aryl methyl sites for hydroxylation is 1. The number of benzene rings is 1. The van der Waals surface area contributed by atoms with Crippen LogP contribution in [0.25, 0.3) is 0 Å². The molecule has 0 saturated carbocycles. The second-order valence-corrected chi connectivity index (χ2v) is 9.12. The van der Waals surface area contributed by atoms with Crippen LogP contribution in [-0.2, 0) is 21.2 Å². The quantitative estimate of drug-likeness (QED) is 0.835. The molecule has 1 saturated heterocycles. The van der Waals surface area contributed by atoms with Crippen molar-refractivity contribution in [2.24, 2.45) is 5.92 Å². The highest BCUT2D eigenvalue weighted by Crippen LogP contribution is 2.28. The second-order valence-electron chi connectivity index (χ2n) is 6.19. The lowest BCUT2D eigenvalue weighted by atomic mass is 10.1. The summed E-state index contributed by atoms with van der Waals surface area (Å²) in [6, 6.07) is 5.99. The normalized spacial score (nSPS) is 18.9. The van der Waals surface area contributed by atoms with Gasteiger partial charge in [-0.05, 0) is 31.2 Å². The molecule has 2 amide bonds. The van der Waals surface area contributed by atoms with Gasteiger partial charge in [-0.15, -0.1) is 11.3 Å². The second kappa shape index (κ2) is 7.16. The van der Waals surface area contributed by atoms with Gasteiger partial charge in [0.25, 0.3) is 5.91 Å². The number of nitrogens with one attached hydrogen (secondary N) is 1. The third-order valence-electron chi connectivity index (χ3n) is 4.06. The molecule has 9 heteroatoms. The largest absolute Gasteiger partial charge is 0.352 e. The number of carbonyl (C=O) groups is 2. The average Bonchev–Trinajstić information content (AvgIpc) is 3.08. The lowest BCUT2D eigenvalue weighted by molar-refractivity contribution is -0.119. The van der Waals surface area contributed by atoms with Gasteiger partial charge < -0.3 is 5.32 Å². The zero-order valence-corrected chi connectivity index (χ0v) is 16.1. The molecule has 1 aliphatic rings. The molecule has 1 unspecified atom stereocenters. The number of hydrogen-bond acceptors (Lipinski definition) is 6. The molecule has 1 aromatic heterocycles. The number of aromatic nitrogens is 1. The Kier molecular flexibility index (Phi) is 5.10. The molecular formula is C17H19N3O4S2. The van der Waals surface area contributed by atoms with Crippen molar-refractivity contribution in [1.29, 1.82) is 0 Å². The van der Waals surface area contributed by atoms with Crippen LogP contribution in [0.4, 0.5) is 5.69 Å². The highest BCUT2D eigenvalue weighted by Gasteiger charge is 2.41. The first-order chi connectivity index (χ1) is 12.3. The summed E-state index contributed by atoms with van der Waals surface area (Å²) in [5.74, 6) is -1.45. The summed E-state index contributed by atoms with van der Waals surface area (Å²) < 4.78 is 25.0. The molecule has 1 aromatic carbocycles. The number of amides is 2. The van der Waals surface area contributed by atoms with Crippen LogP contribution in [-0.4, -0.2) is 37.5 Å². The fourth-order valence-corrected chi connectivity index (χ4v) is 5.23. The zero-order chi connectivity index (χ0) is 18.9. The van der Waals surface area contributed by atoms with Gasteiger partial charge in [0.2, 0.25) is 15.9 Å². The summed E-state index contributed by atoms with van der Waals surface area (Å²) in [5, 5.41) is 5.76. The smallest absolute Gasteiger partial charge is 0.251 e. The SMILES string of the molecule is Cc1nc(CCNC(=O)c2ccc(N3C(=O)C(C)CS3(=O)=O)cc2)cs1. The van der Waals surface area contributed by atoms with Gasteiger partial charge in [-0.2, -0.15) is 0 Å². The standard InChI is InChI=1S/C17H19N3O4S2/c1-11-10-26(23,24)20(17(11)22)15-5-3-13(4-6-15)16(21)18-8-7-14-9-25-12(2)19-14/h3-6,9,11H,7-8,10H2,1-2H3,(H,18,21). The van der Waals surface area contributed by atoms with Crippen molar-refractivity contribution in [3.63, 3.8) is 0 Å². The molecule has 0 bridgehead atoms. The van der Waals surface area contributed by atoms with Gasteiger partial charge in [-0.1, -0.05) is 6.92 Å². The van der Waals surface area contributed by atoms with E-state index in [1.807, 2.05) is 12.3 Å². The first-order valence-electron chi connectivity index (χ1n) is 8.14. The Balaban J connectivity index is 1.63. The lowest BCUT2D eigenvalue weighted by Gasteiger charge is -2.15. The summed E-state index contributed by atoms with van der Waals surface area (Å²) in [7, 11) is -3.64. The molecule has 0 aliphatic carbocycles. The van der Waals surface area contributed by atoms with Crippen LogP contribution in [0.15, 0.2) is 29.6 Å². The molecule has 1 fully saturated rings. The lowest BCUT2D eigenvalue weighted by Crippen LogP contribution is -2.30. The van der Waals surface area contributed by atoms with Crippen molar-refractivity contribution in [2.45, 2.75) is 20.3 Å². The van der Waals surface area contributed by atoms with Crippen LogP contribution in [0.2, 0.25) is 0 Å². The van der Waals surface area contributed by atoms with Crippen molar-refractivity contribution in [3.8, 4) is 0 Å². The molecule has 26 heavy (non-hydrogen) atoms. The molecule has 0 spiro atoms. The molecule has 7 nitrogen and oxygen atoms in total. The molecule has 3 rings (SSSR count). The van der Waals surface area contributed by atoms with Crippen LogP contribution in [0, 0.1) is 12.8 Å². The minimum Gasteiger partial charge on any atom is -0.352 e. The van der Waals surface area contributed by atoms with Gasteiger partial charge in [-0.25, -0.2) is 17.7 Å². The van der Waals surface area contributed by atoms with E-state index in [9.17, 15) is 18.0 Å². The first-order valence-corrected chi connectivity index (χ1v) is 10.6. The maximum Gasteiger partial charge on any atom is 0.251 e. The number of anilines is 1. The minimum atomic E-state index is -3.64. The first kappa shape index (κ1) is 18.5. The van der Waals surface area contributed by atoms with Crippen LogP contribution < -0.4 is 9.62 Å². The molecule has 0 radical (unpaired) electrons. The van der Waals surface area contributed by atoms with Crippen molar-refractivity contribution in [3.05, 3.63) is 45.9 Å². The number of hydrogen-bond donors (Lipinski definition) is 1. The van der Waals surface area contributed by atoms with E-state index in [-0.39, 0.29) is 17.3 Å². The van der Waals surface area contributed by atoms with Gasteiger partial charge in [-0.3, -0.25) is 9.59 Å². The van der Waals surface area contributed by atoms with E-state index in [1.54, 1.807) is 18.3 Å². The predicted octanol–water partition coefficient (Wildman–Crippen LogP) is 1.74. The summed E-state index contributed by atoms with van der Waals surface area (Å²) in [6.07, 6.45) is 0.645. The van der Waals surface area contributed by atoms with Gasteiger partial charge in [0.15, 0.2) is 0 Å². The van der Waals surface area contributed by atoms with Crippen molar-refractivity contribution < 1.29 is 18.0 Å². The molecule has 2 heterocycles. The van der Waals surface area contributed by atoms with Crippen molar-refractivity contribution in [1.82, 2.24) is 10.3 Å². The Morgan fingerprint density at radius 2 is 2.04 bits per heavy atom. The van der Waals surface area contributed by atoms with E-state index in [4.69, 9.17) is 0 Å². The van der Waals surface area contributed by atoms with E-state index in [2.05, 4.69) is 10.3 Å². The predicted molar refractivity (Wildman–Crippen MR) is 99.8 cm³/mol. The summed E-state index contributed by atoms with van der Waals surface area (Å²) in [6.45, 7) is 3.98. The van der Waals surface area contributed by atoms with Crippen molar-refractivity contribution >= 4 is 38.9 Å². The molecule has 1 N–H and O–H groups in total. The zero-order valence-electron chi connectivity index (χ0n) is 14.4. The Labute approximate surface area is 156 Å². The molecule has 1 aliphatic heterocycles. The molecule has 2 aromatic rings. The number of carbonyl (C=O) groups excluding carboxylic acids is 2. The highest BCUT2D eigenvalue weighted by atomic mass is 32.2. The summed E-state index contributed by atoms with van der Waals surface area (Å²) in [5.41, 5.74) is 1.60. The fourth-order valence-electron chi connectivity index (χ4n) is 2.76.